The molecule has 1 fully saturated rings. The van der Waals surface area contributed by atoms with E-state index in [1.54, 1.807) is 11.8 Å². The number of likely N-dealkylation sites (tertiary alicyclic amines) is 1. The highest BCUT2D eigenvalue weighted by molar-refractivity contribution is 7.99. The van der Waals surface area contributed by atoms with Gasteiger partial charge in [0.1, 0.15) is 0 Å². The summed E-state index contributed by atoms with van der Waals surface area (Å²) in [6, 6.07) is 8.26. The van der Waals surface area contributed by atoms with Crippen LogP contribution in [0.1, 0.15) is 18.4 Å². The summed E-state index contributed by atoms with van der Waals surface area (Å²) in [6.45, 7) is 1.74. The average Bonchev–Trinajstić information content (AvgIpc) is 2.47. The third kappa shape index (κ3) is 4.69. The fourth-order valence-corrected chi connectivity index (χ4v) is 3.50. The fourth-order valence-electron chi connectivity index (χ4n) is 2.41. The first kappa shape index (κ1) is 15.7. The van der Waals surface area contributed by atoms with E-state index in [1.807, 2.05) is 36.2 Å². The molecule has 1 saturated heterocycles. The molecule has 0 spiro atoms. The number of nitrogens with one attached hydrogen (secondary N) is 1. The molecule has 1 atom stereocenters. The molecule has 0 radical (unpaired) electrons. The van der Waals surface area contributed by atoms with Crippen LogP contribution in [0.4, 0.5) is 0 Å². The first-order valence-electron chi connectivity index (χ1n) is 6.96. The van der Waals surface area contributed by atoms with E-state index in [-0.39, 0.29) is 5.91 Å². The molecular weight excluding hydrogens is 292 g/mol. The Hall–Kier alpha value is -0.710. The molecule has 1 heterocycles. The Balaban J connectivity index is 1.75. The van der Waals surface area contributed by atoms with E-state index >= 15 is 0 Å². The van der Waals surface area contributed by atoms with Crippen molar-refractivity contribution in [2.24, 2.45) is 0 Å². The van der Waals surface area contributed by atoms with Crippen LogP contribution in [0.2, 0.25) is 5.02 Å². The normalized spacial score (nSPS) is 19.1. The van der Waals surface area contributed by atoms with Crippen LogP contribution in [0.25, 0.3) is 0 Å². The number of nitrogens with zero attached hydrogens (tertiary/aromatic N) is 1. The predicted octanol–water partition coefficient (Wildman–Crippen LogP) is 2.78. The molecule has 1 N–H and O–H groups in total. The molecule has 1 aliphatic heterocycles. The van der Waals surface area contributed by atoms with Gasteiger partial charge >= 0.3 is 0 Å². The highest BCUT2D eigenvalue weighted by atomic mass is 35.5. The molecule has 1 amide bonds. The minimum atomic E-state index is 0.247. The van der Waals surface area contributed by atoms with E-state index in [2.05, 4.69) is 5.32 Å². The van der Waals surface area contributed by atoms with Crippen LogP contribution >= 0.6 is 23.4 Å². The number of likely N-dealkylation sites (N-methyl/N-ethyl adjacent to an activating group) is 1. The van der Waals surface area contributed by atoms with Crippen LogP contribution in [-0.2, 0) is 10.5 Å². The third-order valence-electron chi connectivity index (χ3n) is 3.57. The highest BCUT2D eigenvalue weighted by Crippen LogP contribution is 2.18. The van der Waals surface area contributed by atoms with Gasteiger partial charge in [-0.3, -0.25) is 4.79 Å². The maximum atomic E-state index is 12.2. The van der Waals surface area contributed by atoms with Gasteiger partial charge in [-0.15, -0.1) is 11.8 Å². The largest absolute Gasteiger partial charge is 0.340 e. The van der Waals surface area contributed by atoms with Crippen LogP contribution in [0.3, 0.4) is 0 Å². The number of hydrogen-bond donors (Lipinski definition) is 1. The first-order chi connectivity index (χ1) is 9.69. The number of piperidine rings is 1. The van der Waals surface area contributed by atoms with Crippen molar-refractivity contribution < 1.29 is 4.79 Å². The van der Waals surface area contributed by atoms with Gasteiger partial charge in [0.25, 0.3) is 0 Å². The second-order valence-electron chi connectivity index (χ2n) is 5.09. The molecule has 110 valence electrons. The minimum Gasteiger partial charge on any atom is -0.340 e. The van der Waals surface area contributed by atoms with Crippen molar-refractivity contribution >= 4 is 29.3 Å². The lowest BCUT2D eigenvalue weighted by Gasteiger charge is -2.32. The van der Waals surface area contributed by atoms with E-state index in [4.69, 9.17) is 11.6 Å². The number of hydrogen-bond acceptors (Lipinski definition) is 3. The smallest absolute Gasteiger partial charge is 0.232 e. The standard InChI is InChI=1S/C15H21ClN2OS/c1-17-14-6-3-7-18(9-14)15(19)11-20-10-12-4-2-5-13(16)8-12/h2,4-5,8,14,17H,3,6-7,9-11H2,1H3. The molecule has 1 aromatic rings. The number of carbonyl (C=O) groups excluding carboxylic acids is 1. The van der Waals surface area contributed by atoms with Gasteiger partial charge in [0, 0.05) is 29.9 Å². The monoisotopic (exact) mass is 312 g/mol. The van der Waals surface area contributed by atoms with Crippen molar-refractivity contribution in [2.45, 2.75) is 24.6 Å². The summed E-state index contributed by atoms with van der Waals surface area (Å²) in [5, 5.41) is 4.01. The Labute approximate surface area is 130 Å². The molecule has 1 unspecified atom stereocenters. The summed E-state index contributed by atoms with van der Waals surface area (Å²) in [5.74, 6) is 1.62. The van der Waals surface area contributed by atoms with Gasteiger partial charge in [0.2, 0.25) is 5.91 Å². The van der Waals surface area contributed by atoms with Crippen molar-refractivity contribution in [3.63, 3.8) is 0 Å². The summed E-state index contributed by atoms with van der Waals surface area (Å²) in [6.07, 6.45) is 2.26. The maximum absolute atomic E-state index is 12.2. The molecule has 0 aromatic heterocycles. The Morgan fingerprint density at radius 3 is 3.15 bits per heavy atom. The van der Waals surface area contributed by atoms with Gasteiger partial charge in [-0.1, -0.05) is 23.7 Å². The lowest BCUT2D eigenvalue weighted by Crippen LogP contribution is -2.47. The van der Waals surface area contributed by atoms with E-state index in [1.165, 1.54) is 5.56 Å². The Bertz CT molecular complexity index is 455. The van der Waals surface area contributed by atoms with Gasteiger partial charge < -0.3 is 10.2 Å². The van der Waals surface area contributed by atoms with Gasteiger partial charge in [-0.25, -0.2) is 0 Å². The number of rotatable bonds is 5. The second-order valence-corrected chi connectivity index (χ2v) is 6.51. The van der Waals surface area contributed by atoms with E-state index in [9.17, 15) is 4.79 Å². The first-order valence-corrected chi connectivity index (χ1v) is 8.49. The molecular formula is C15H21ClN2OS. The van der Waals surface area contributed by atoms with Gasteiger partial charge in [-0.2, -0.15) is 0 Å². The Kier molecular flexibility index (Phi) is 6.20. The summed E-state index contributed by atoms with van der Waals surface area (Å²) < 4.78 is 0. The van der Waals surface area contributed by atoms with Crippen LogP contribution in [0.15, 0.2) is 24.3 Å². The van der Waals surface area contributed by atoms with Crippen LogP contribution in [0, 0.1) is 0 Å². The lowest BCUT2D eigenvalue weighted by atomic mass is 10.1. The average molecular weight is 313 g/mol. The summed E-state index contributed by atoms with van der Waals surface area (Å²) in [4.78, 5) is 14.1. The van der Waals surface area contributed by atoms with Crippen LogP contribution in [-0.4, -0.2) is 42.7 Å². The molecule has 5 heteroatoms. The number of halogens is 1. The minimum absolute atomic E-state index is 0.247. The molecule has 2 rings (SSSR count). The summed E-state index contributed by atoms with van der Waals surface area (Å²) in [7, 11) is 1.96. The summed E-state index contributed by atoms with van der Waals surface area (Å²) in [5.41, 5.74) is 1.17. The van der Waals surface area contributed by atoms with Crippen molar-refractivity contribution in [2.75, 3.05) is 25.9 Å². The Morgan fingerprint density at radius 1 is 1.55 bits per heavy atom. The molecule has 0 aliphatic carbocycles. The SMILES string of the molecule is CNC1CCCN(C(=O)CSCc2cccc(Cl)c2)C1. The van der Waals surface area contributed by atoms with Crippen molar-refractivity contribution in [3.05, 3.63) is 34.9 Å². The summed E-state index contributed by atoms with van der Waals surface area (Å²) >= 11 is 7.60. The predicted molar refractivity (Wildman–Crippen MR) is 86.3 cm³/mol. The number of thioether (sulfide) groups is 1. The highest BCUT2D eigenvalue weighted by Gasteiger charge is 2.22. The van der Waals surface area contributed by atoms with Crippen LogP contribution < -0.4 is 5.32 Å². The molecule has 0 saturated carbocycles. The van der Waals surface area contributed by atoms with Crippen molar-refractivity contribution in [1.82, 2.24) is 10.2 Å². The zero-order valence-electron chi connectivity index (χ0n) is 11.8. The van der Waals surface area contributed by atoms with Gasteiger partial charge in [0.05, 0.1) is 5.75 Å². The topological polar surface area (TPSA) is 32.3 Å². The number of amides is 1. The molecule has 0 bridgehead atoms. The van der Waals surface area contributed by atoms with E-state index < -0.39 is 0 Å². The van der Waals surface area contributed by atoms with Crippen LogP contribution in [0.5, 0.6) is 0 Å². The van der Waals surface area contributed by atoms with E-state index in [0.717, 1.165) is 36.7 Å². The number of benzene rings is 1. The van der Waals surface area contributed by atoms with Crippen molar-refractivity contribution in [1.29, 1.82) is 0 Å². The van der Waals surface area contributed by atoms with Gasteiger partial charge in [-0.05, 0) is 37.6 Å². The molecule has 3 nitrogen and oxygen atoms in total. The third-order valence-corrected chi connectivity index (χ3v) is 4.79. The zero-order chi connectivity index (χ0) is 14.4. The van der Waals surface area contributed by atoms with E-state index in [0.29, 0.717) is 11.8 Å². The quantitative estimate of drug-likeness (QED) is 0.907. The number of carbonyl (C=O) groups is 1. The zero-order valence-corrected chi connectivity index (χ0v) is 13.3. The van der Waals surface area contributed by atoms with Gasteiger partial charge in [0.15, 0.2) is 0 Å². The van der Waals surface area contributed by atoms with Crippen molar-refractivity contribution in [3.8, 4) is 0 Å². The second kappa shape index (κ2) is 7.91. The molecule has 1 aliphatic rings. The lowest BCUT2D eigenvalue weighted by molar-refractivity contribution is -0.129. The maximum Gasteiger partial charge on any atom is 0.232 e. The Morgan fingerprint density at radius 2 is 2.40 bits per heavy atom. The molecule has 20 heavy (non-hydrogen) atoms. The molecule has 1 aromatic carbocycles. The fraction of sp³-hybridized carbons (Fsp3) is 0.533.